The lowest BCUT2D eigenvalue weighted by Gasteiger charge is -2.07. The molecular formula is C12H21N3. The Hall–Kier alpha value is -0.830. The molecule has 0 saturated heterocycles. The molecule has 1 fully saturated rings. The van der Waals surface area contributed by atoms with Crippen molar-refractivity contribution >= 4 is 0 Å². The van der Waals surface area contributed by atoms with E-state index >= 15 is 0 Å². The predicted octanol–water partition coefficient (Wildman–Crippen LogP) is 2.50. The Kier molecular flexibility index (Phi) is 3.78. The number of nitrogens with one attached hydrogen (secondary N) is 1. The molecule has 2 rings (SSSR count). The number of imidazole rings is 1. The van der Waals surface area contributed by atoms with Gasteiger partial charge in [-0.15, -0.1) is 0 Å². The van der Waals surface area contributed by atoms with Crippen LogP contribution in [0.4, 0.5) is 0 Å². The molecule has 0 spiro atoms. The van der Waals surface area contributed by atoms with E-state index in [1.807, 2.05) is 12.5 Å². The van der Waals surface area contributed by atoms with Gasteiger partial charge >= 0.3 is 0 Å². The van der Waals surface area contributed by atoms with Crippen LogP contribution in [0.25, 0.3) is 0 Å². The summed E-state index contributed by atoms with van der Waals surface area (Å²) in [5, 5.41) is 3.48. The van der Waals surface area contributed by atoms with Crippen LogP contribution in [-0.4, -0.2) is 16.1 Å². The van der Waals surface area contributed by atoms with Crippen molar-refractivity contribution in [1.29, 1.82) is 0 Å². The molecule has 1 saturated carbocycles. The fourth-order valence-corrected chi connectivity index (χ4v) is 1.87. The van der Waals surface area contributed by atoms with Crippen LogP contribution in [0.15, 0.2) is 12.5 Å². The summed E-state index contributed by atoms with van der Waals surface area (Å²) in [6.45, 7) is 4.34. The van der Waals surface area contributed by atoms with Crippen molar-refractivity contribution in [2.45, 2.75) is 51.6 Å². The maximum absolute atomic E-state index is 4.22. The van der Waals surface area contributed by atoms with Gasteiger partial charge < -0.3 is 9.88 Å². The van der Waals surface area contributed by atoms with Crippen LogP contribution in [0.2, 0.25) is 0 Å². The van der Waals surface area contributed by atoms with E-state index in [1.54, 1.807) is 0 Å². The predicted molar refractivity (Wildman–Crippen MR) is 61.7 cm³/mol. The quantitative estimate of drug-likeness (QED) is 0.696. The number of hydrogen-bond acceptors (Lipinski definition) is 2. The normalized spacial score (nSPS) is 15.8. The Morgan fingerprint density at radius 1 is 1.47 bits per heavy atom. The Labute approximate surface area is 91.9 Å². The van der Waals surface area contributed by atoms with E-state index in [4.69, 9.17) is 0 Å². The lowest BCUT2D eigenvalue weighted by Crippen LogP contribution is -2.17. The summed E-state index contributed by atoms with van der Waals surface area (Å²) in [5.41, 5.74) is 1.34. The van der Waals surface area contributed by atoms with Crippen molar-refractivity contribution in [2.24, 2.45) is 0 Å². The topological polar surface area (TPSA) is 29.9 Å². The molecule has 1 aliphatic carbocycles. The third kappa shape index (κ3) is 3.06. The van der Waals surface area contributed by atoms with E-state index in [0.29, 0.717) is 0 Å². The monoisotopic (exact) mass is 207 g/mol. The molecule has 1 N–H and O–H groups in total. The first-order valence-electron chi connectivity index (χ1n) is 6.13. The first-order chi connectivity index (χ1) is 7.42. The highest BCUT2D eigenvalue weighted by molar-refractivity contribution is 5.03. The number of aromatic nitrogens is 2. The highest BCUT2D eigenvalue weighted by Gasteiger charge is 2.24. The zero-order valence-corrected chi connectivity index (χ0v) is 9.58. The Morgan fingerprint density at radius 2 is 2.33 bits per heavy atom. The molecular weight excluding hydrogens is 186 g/mol. The van der Waals surface area contributed by atoms with E-state index in [0.717, 1.165) is 19.1 Å². The van der Waals surface area contributed by atoms with Gasteiger partial charge in [0.1, 0.15) is 0 Å². The summed E-state index contributed by atoms with van der Waals surface area (Å²) >= 11 is 0. The molecule has 0 bridgehead atoms. The zero-order valence-electron chi connectivity index (χ0n) is 9.58. The molecule has 0 amide bonds. The van der Waals surface area contributed by atoms with Gasteiger partial charge in [0, 0.05) is 18.8 Å². The lowest BCUT2D eigenvalue weighted by molar-refractivity contribution is 0.586. The summed E-state index contributed by atoms with van der Waals surface area (Å²) < 4.78 is 2.33. The van der Waals surface area contributed by atoms with Gasteiger partial charge in [-0.1, -0.05) is 19.8 Å². The standard InChI is InChI=1S/C12H21N3/c1-2-3-4-7-13-8-12-9-14-10-15(12)11-5-6-11/h9-11,13H,2-8H2,1H3. The van der Waals surface area contributed by atoms with Gasteiger partial charge in [-0.3, -0.25) is 0 Å². The third-order valence-electron chi connectivity index (χ3n) is 2.95. The van der Waals surface area contributed by atoms with E-state index in [1.165, 1.54) is 37.8 Å². The van der Waals surface area contributed by atoms with Crippen molar-refractivity contribution in [3.63, 3.8) is 0 Å². The molecule has 15 heavy (non-hydrogen) atoms. The second-order valence-corrected chi connectivity index (χ2v) is 4.41. The molecule has 0 aromatic carbocycles. The lowest BCUT2D eigenvalue weighted by atomic mass is 10.2. The highest BCUT2D eigenvalue weighted by Crippen LogP contribution is 2.35. The Bertz CT molecular complexity index is 289. The van der Waals surface area contributed by atoms with Crippen LogP contribution in [0.3, 0.4) is 0 Å². The first-order valence-corrected chi connectivity index (χ1v) is 6.13. The maximum Gasteiger partial charge on any atom is 0.0951 e. The van der Waals surface area contributed by atoms with Crippen molar-refractivity contribution in [2.75, 3.05) is 6.54 Å². The number of nitrogens with zero attached hydrogens (tertiary/aromatic N) is 2. The average Bonchev–Trinajstić information content (AvgIpc) is 2.99. The zero-order chi connectivity index (χ0) is 10.5. The summed E-state index contributed by atoms with van der Waals surface area (Å²) in [6, 6.07) is 0.750. The second kappa shape index (κ2) is 5.31. The number of rotatable bonds is 7. The van der Waals surface area contributed by atoms with Gasteiger partial charge in [0.05, 0.1) is 12.0 Å². The van der Waals surface area contributed by atoms with E-state index in [9.17, 15) is 0 Å². The number of unbranched alkanes of at least 4 members (excludes halogenated alkanes) is 2. The second-order valence-electron chi connectivity index (χ2n) is 4.41. The summed E-state index contributed by atoms with van der Waals surface area (Å²) in [4.78, 5) is 4.22. The van der Waals surface area contributed by atoms with Crippen LogP contribution in [-0.2, 0) is 6.54 Å². The molecule has 1 aromatic heterocycles. The summed E-state index contributed by atoms with van der Waals surface area (Å²) in [6.07, 6.45) is 10.5. The fourth-order valence-electron chi connectivity index (χ4n) is 1.87. The smallest absolute Gasteiger partial charge is 0.0951 e. The van der Waals surface area contributed by atoms with Crippen molar-refractivity contribution < 1.29 is 0 Å². The SMILES string of the molecule is CCCCCNCc1cncn1C1CC1. The van der Waals surface area contributed by atoms with Gasteiger partial charge in [-0.25, -0.2) is 4.98 Å². The van der Waals surface area contributed by atoms with Gasteiger partial charge in [-0.2, -0.15) is 0 Å². The molecule has 0 radical (unpaired) electrons. The molecule has 1 aliphatic rings. The van der Waals surface area contributed by atoms with E-state index in [2.05, 4.69) is 21.8 Å². The number of hydrogen-bond donors (Lipinski definition) is 1. The van der Waals surface area contributed by atoms with E-state index in [-0.39, 0.29) is 0 Å². The molecule has 1 aromatic rings. The summed E-state index contributed by atoms with van der Waals surface area (Å²) in [7, 11) is 0. The van der Waals surface area contributed by atoms with Gasteiger partial charge in [0.15, 0.2) is 0 Å². The molecule has 84 valence electrons. The van der Waals surface area contributed by atoms with Crippen LogP contribution in [0, 0.1) is 0 Å². The van der Waals surface area contributed by atoms with Crippen LogP contribution >= 0.6 is 0 Å². The third-order valence-corrected chi connectivity index (χ3v) is 2.95. The average molecular weight is 207 g/mol. The van der Waals surface area contributed by atoms with Crippen LogP contribution in [0.1, 0.15) is 50.8 Å². The fraction of sp³-hybridized carbons (Fsp3) is 0.750. The molecule has 0 unspecified atom stereocenters. The van der Waals surface area contributed by atoms with Gasteiger partial charge in [-0.05, 0) is 25.8 Å². The minimum absolute atomic E-state index is 0.750. The Morgan fingerprint density at radius 3 is 3.07 bits per heavy atom. The van der Waals surface area contributed by atoms with Crippen molar-refractivity contribution in [3.8, 4) is 0 Å². The minimum Gasteiger partial charge on any atom is -0.330 e. The van der Waals surface area contributed by atoms with Gasteiger partial charge in [0.25, 0.3) is 0 Å². The van der Waals surface area contributed by atoms with E-state index < -0.39 is 0 Å². The van der Waals surface area contributed by atoms with Crippen LogP contribution in [0.5, 0.6) is 0 Å². The maximum atomic E-state index is 4.22. The largest absolute Gasteiger partial charge is 0.330 e. The molecule has 3 heteroatoms. The molecule has 1 heterocycles. The molecule has 0 atom stereocenters. The first kappa shape index (κ1) is 10.7. The summed E-state index contributed by atoms with van der Waals surface area (Å²) in [5.74, 6) is 0. The Balaban J connectivity index is 1.70. The van der Waals surface area contributed by atoms with Crippen molar-refractivity contribution in [1.82, 2.24) is 14.9 Å². The van der Waals surface area contributed by atoms with Crippen molar-refractivity contribution in [3.05, 3.63) is 18.2 Å². The van der Waals surface area contributed by atoms with Crippen LogP contribution < -0.4 is 5.32 Å². The van der Waals surface area contributed by atoms with Gasteiger partial charge in [0.2, 0.25) is 0 Å². The highest BCUT2D eigenvalue weighted by atomic mass is 15.1. The minimum atomic E-state index is 0.750. The molecule has 0 aliphatic heterocycles. The molecule has 3 nitrogen and oxygen atoms in total.